The molecule has 4 rings (SSSR count). The van der Waals surface area contributed by atoms with Crippen LogP contribution < -0.4 is 21.3 Å². The largest absolute Gasteiger partial charge is 0.335 e. The topological polar surface area (TPSA) is 130 Å². The van der Waals surface area contributed by atoms with Gasteiger partial charge in [-0.1, -0.05) is 24.3 Å². The van der Waals surface area contributed by atoms with E-state index >= 15 is 0 Å². The third kappa shape index (κ3) is 5.51. The number of nitrogens with one attached hydrogen (secondary N) is 3. The number of hydrogen-bond acceptors (Lipinski definition) is 5. The maximum atomic E-state index is 12.6. The van der Waals surface area contributed by atoms with Crippen LogP contribution in [0.4, 0.5) is 4.79 Å². The van der Waals surface area contributed by atoms with Crippen molar-refractivity contribution in [1.29, 1.82) is 0 Å². The van der Waals surface area contributed by atoms with E-state index < -0.39 is 21.7 Å². The Labute approximate surface area is 201 Å². The third-order valence-corrected chi connectivity index (χ3v) is 7.75. The molecule has 0 radical (unpaired) electrons. The lowest BCUT2D eigenvalue weighted by molar-refractivity contribution is 0.238. The normalized spacial score (nSPS) is 18.5. The van der Waals surface area contributed by atoms with Crippen molar-refractivity contribution >= 4 is 38.6 Å². The molecule has 11 heteroatoms. The third-order valence-electron chi connectivity index (χ3n) is 5.97. The number of aryl methyl sites for hydroxylation is 1. The number of para-hydroxylation sites is 1. The van der Waals surface area contributed by atoms with Gasteiger partial charge in [0, 0.05) is 18.0 Å². The maximum absolute atomic E-state index is 12.6. The molecule has 3 N–H and O–H groups in total. The smallest absolute Gasteiger partial charge is 0.328 e. The van der Waals surface area contributed by atoms with Crippen LogP contribution >= 0.6 is 11.6 Å². The number of benzene rings is 2. The maximum Gasteiger partial charge on any atom is 0.328 e. The number of nitrogens with zero attached hydrogens (tertiary/aromatic N) is 1. The molecule has 1 heterocycles. The summed E-state index contributed by atoms with van der Waals surface area (Å²) < 4.78 is 28.3. The number of carbonyl (C=O) groups excluding carboxylic acids is 1. The van der Waals surface area contributed by atoms with Crippen molar-refractivity contribution in [2.24, 2.45) is 0 Å². The summed E-state index contributed by atoms with van der Waals surface area (Å²) in [7, 11) is -4.04. The number of aromatic amines is 1. The predicted octanol–water partition coefficient (Wildman–Crippen LogP) is 2.47. The van der Waals surface area contributed by atoms with Gasteiger partial charge < -0.3 is 10.3 Å². The van der Waals surface area contributed by atoms with E-state index in [9.17, 15) is 22.8 Å². The molecule has 2 amide bonds. The highest BCUT2D eigenvalue weighted by molar-refractivity contribution is 7.90. The second-order valence-electron chi connectivity index (χ2n) is 8.35. The number of hydrogen-bond donors (Lipinski definition) is 3. The van der Waals surface area contributed by atoms with Crippen LogP contribution in [0.25, 0.3) is 10.9 Å². The van der Waals surface area contributed by atoms with Gasteiger partial charge in [-0.3, -0.25) is 9.36 Å². The Balaban J connectivity index is 1.39. The molecule has 0 atom stereocenters. The average Bonchev–Trinajstić information content (AvgIpc) is 2.80. The predicted molar refractivity (Wildman–Crippen MR) is 130 cm³/mol. The Hall–Kier alpha value is -3.11. The van der Waals surface area contributed by atoms with Crippen molar-refractivity contribution in [2.75, 3.05) is 0 Å². The quantitative estimate of drug-likeness (QED) is 0.444. The average molecular weight is 505 g/mol. The SMILES string of the molecule is O=C(NC1CCC(Cl)CC1)NS(=O)(=O)c1ccc(CCn2c(=O)[nH]c3ccccc3c2=O)cc1. The second-order valence-corrected chi connectivity index (χ2v) is 10.7. The number of urea groups is 1. The zero-order valence-electron chi connectivity index (χ0n) is 18.3. The van der Waals surface area contributed by atoms with Gasteiger partial charge in [0.25, 0.3) is 15.6 Å². The number of rotatable bonds is 6. The molecule has 2 aromatic carbocycles. The fraction of sp³-hybridized carbons (Fsp3) is 0.348. The molecule has 1 aromatic heterocycles. The molecule has 0 spiro atoms. The number of H-pyrrole nitrogens is 1. The first-order valence-corrected chi connectivity index (χ1v) is 12.9. The highest BCUT2D eigenvalue weighted by Gasteiger charge is 2.23. The van der Waals surface area contributed by atoms with Gasteiger partial charge in [-0.05, 0) is 61.9 Å². The Kier molecular flexibility index (Phi) is 7.08. The molecule has 1 aliphatic rings. The van der Waals surface area contributed by atoms with Gasteiger partial charge >= 0.3 is 11.7 Å². The molecule has 1 fully saturated rings. The first-order valence-electron chi connectivity index (χ1n) is 11.0. The molecule has 0 bridgehead atoms. The minimum Gasteiger partial charge on any atom is -0.335 e. The van der Waals surface area contributed by atoms with E-state index in [0.29, 0.717) is 30.2 Å². The zero-order valence-corrected chi connectivity index (χ0v) is 19.9. The summed E-state index contributed by atoms with van der Waals surface area (Å²) in [5.74, 6) is 0. The van der Waals surface area contributed by atoms with Crippen LogP contribution in [0, 0.1) is 0 Å². The zero-order chi connectivity index (χ0) is 24.3. The van der Waals surface area contributed by atoms with Crippen molar-refractivity contribution in [3.63, 3.8) is 0 Å². The Morgan fingerprint density at radius 3 is 2.41 bits per heavy atom. The number of amides is 2. The van der Waals surface area contributed by atoms with Gasteiger partial charge in [-0.2, -0.15) is 0 Å². The van der Waals surface area contributed by atoms with Crippen molar-refractivity contribution in [1.82, 2.24) is 19.6 Å². The van der Waals surface area contributed by atoms with Crippen molar-refractivity contribution in [2.45, 2.75) is 55.0 Å². The van der Waals surface area contributed by atoms with Gasteiger partial charge in [0.15, 0.2) is 0 Å². The van der Waals surface area contributed by atoms with Crippen molar-refractivity contribution in [3.8, 4) is 0 Å². The summed E-state index contributed by atoms with van der Waals surface area (Å²) in [5, 5.41) is 3.20. The number of alkyl halides is 1. The Bertz CT molecular complexity index is 1410. The molecular formula is C23H25ClN4O5S. The van der Waals surface area contributed by atoms with E-state index in [2.05, 4.69) is 10.3 Å². The number of sulfonamides is 1. The molecule has 1 aliphatic carbocycles. The Morgan fingerprint density at radius 1 is 1.03 bits per heavy atom. The number of halogens is 1. The molecule has 3 aromatic rings. The molecule has 34 heavy (non-hydrogen) atoms. The van der Waals surface area contributed by atoms with E-state index in [-0.39, 0.29) is 28.4 Å². The second kappa shape index (κ2) is 10.0. The fourth-order valence-corrected chi connectivity index (χ4v) is 5.24. The standard InChI is InChI=1S/C23H25ClN4O5S/c24-16-7-9-17(10-8-16)25-22(30)27-34(32,33)18-11-5-15(6-12-18)13-14-28-21(29)19-3-1-2-4-20(19)26-23(28)31/h1-6,11-12,16-17H,7-10,13-14H2,(H,26,31)(H2,25,27,30). The summed E-state index contributed by atoms with van der Waals surface area (Å²) in [6, 6.07) is 11.9. The van der Waals surface area contributed by atoms with E-state index in [1.807, 2.05) is 4.72 Å². The summed E-state index contributed by atoms with van der Waals surface area (Å²) in [4.78, 5) is 39.7. The molecule has 0 aliphatic heterocycles. The van der Waals surface area contributed by atoms with E-state index in [4.69, 9.17) is 11.6 Å². The van der Waals surface area contributed by atoms with Crippen LogP contribution in [0.2, 0.25) is 0 Å². The number of fused-ring (bicyclic) bond motifs is 1. The molecule has 0 unspecified atom stereocenters. The highest BCUT2D eigenvalue weighted by Crippen LogP contribution is 2.22. The van der Waals surface area contributed by atoms with Crippen LogP contribution in [0.5, 0.6) is 0 Å². The summed E-state index contributed by atoms with van der Waals surface area (Å²) in [6.45, 7) is 0.135. The first-order chi connectivity index (χ1) is 16.2. The fourth-order valence-electron chi connectivity index (χ4n) is 4.07. The van der Waals surface area contributed by atoms with Crippen molar-refractivity contribution in [3.05, 3.63) is 74.9 Å². The van der Waals surface area contributed by atoms with E-state index in [1.54, 1.807) is 36.4 Å². The molecule has 180 valence electrons. The van der Waals surface area contributed by atoms with E-state index in [0.717, 1.165) is 23.0 Å². The van der Waals surface area contributed by atoms with Gasteiger partial charge in [0.05, 0.1) is 15.8 Å². The molecule has 0 saturated heterocycles. The van der Waals surface area contributed by atoms with Gasteiger partial charge in [0.1, 0.15) is 0 Å². The van der Waals surface area contributed by atoms with E-state index in [1.165, 1.54) is 12.1 Å². The molecule has 1 saturated carbocycles. The van der Waals surface area contributed by atoms with Gasteiger partial charge in [-0.15, -0.1) is 11.6 Å². The lowest BCUT2D eigenvalue weighted by atomic mass is 9.95. The number of aromatic nitrogens is 2. The minimum atomic E-state index is -4.04. The van der Waals surface area contributed by atoms with Crippen LogP contribution in [-0.2, 0) is 23.0 Å². The summed E-state index contributed by atoms with van der Waals surface area (Å²) in [6.07, 6.45) is 3.31. The molecule has 9 nitrogen and oxygen atoms in total. The summed E-state index contributed by atoms with van der Waals surface area (Å²) in [5.41, 5.74) is 0.332. The highest BCUT2D eigenvalue weighted by atomic mass is 35.5. The Morgan fingerprint density at radius 2 is 1.71 bits per heavy atom. The van der Waals surface area contributed by atoms with Crippen LogP contribution in [-0.4, -0.2) is 35.4 Å². The number of carbonyl (C=O) groups is 1. The van der Waals surface area contributed by atoms with Crippen molar-refractivity contribution < 1.29 is 13.2 Å². The first kappa shape index (κ1) is 24.0. The lowest BCUT2D eigenvalue weighted by Crippen LogP contribution is -2.45. The summed E-state index contributed by atoms with van der Waals surface area (Å²) >= 11 is 6.06. The van der Waals surface area contributed by atoms with Crippen LogP contribution in [0.1, 0.15) is 31.2 Å². The lowest BCUT2D eigenvalue weighted by Gasteiger charge is -2.25. The van der Waals surface area contributed by atoms with Crippen LogP contribution in [0.3, 0.4) is 0 Å². The molecular weight excluding hydrogens is 480 g/mol. The minimum absolute atomic E-state index is 0.0587. The van der Waals surface area contributed by atoms with Gasteiger partial charge in [-0.25, -0.2) is 22.7 Å². The van der Waals surface area contributed by atoms with Gasteiger partial charge in [0.2, 0.25) is 0 Å². The monoisotopic (exact) mass is 504 g/mol. The van der Waals surface area contributed by atoms with Crippen LogP contribution in [0.15, 0.2) is 63.0 Å².